The van der Waals surface area contributed by atoms with Gasteiger partial charge in [0.1, 0.15) is 11.5 Å². The van der Waals surface area contributed by atoms with Crippen LogP contribution in [0.4, 0.5) is 5.69 Å². The minimum Gasteiger partial charge on any atom is -0.465 e. The fourth-order valence-electron chi connectivity index (χ4n) is 3.35. The molecule has 1 aliphatic rings. The summed E-state index contributed by atoms with van der Waals surface area (Å²) in [7, 11) is 1.35. The molecule has 0 radical (unpaired) electrons. The molecule has 0 spiro atoms. The lowest BCUT2D eigenvalue weighted by Crippen LogP contribution is -2.35. The highest BCUT2D eigenvalue weighted by atomic mass is 32.2. The van der Waals surface area contributed by atoms with Crippen molar-refractivity contribution in [2.24, 2.45) is 4.99 Å². The molecule has 1 fully saturated rings. The average molecular weight is 461 g/mol. The number of methoxy groups -OCH3 is 1. The van der Waals surface area contributed by atoms with Crippen LogP contribution in [0.3, 0.4) is 0 Å². The highest BCUT2D eigenvalue weighted by Crippen LogP contribution is 2.36. The van der Waals surface area contributed by atoms with Crippen LogP contribution in [-0.4, -0.2) is 35.1 Å². The monoisotopic (exact) mass is 460 g/mol. The summed E-state index contributed by atoms with van der Waals surface area (Å²) in [5, 5.41) is 0.648. The summed E-state index contributed by atoms with van der Waals surface area (Å²) in [5.74, 6) is 0.725. The number of carbonyl (C=O) groups is 2. The number of carbonyl (C=O) groups excluding carboxylic acids is 2. The summed E-state index contributed by atoms with van der Waals surface area (Å²) in [4.78, 5) is 31.7. The molecular weight excluding hydrogens is 436 g/mol. The number of amides is 1. The number of aryl methyl sites for hydroxylation is 1. The van der Waals surface area contributed by atoms with Gasteiger partial charge in [0.15, 0.2) is 5.17 Å². The van der Waals surface area contributed by atoms with Crippen LogP contribution in [0.15, 0.2) is 75.0 Å². The number of hydrogen-bond acceptors (Lipinski definition) is 6. The Morgan fingerprint density at radius 2 is 1.76 bits per heavy atom. The van der Waals surface area contributed by atoms with E-state index in [9.17, 15) is 9.59 Å². The highest BCUT2D eigenvalue weighted by molar-refractivity contribution is 8.18. The van der Waals surface area contributed by atoms with Crippen molar-refractivity contribution in [1.82, 2.24) is 4.90 Å². The van der Waals surface area contributed by atoms with Gasteiger partial charge in [-0.3, -0.25) is 9.69 Å². The fraction of sp³-hybridized carbons (Fsp3) is 0.192. The van der Waals surface area contributed by atoms with Crippen LogP contribution in [-0.2, 0) is 9.53 Å². The highest BCUT2D eigenvalue weighted by Gasteiger charge is 2.35. The lowest BCUT2D eigenvalue weighted by atomic mass is 10.1. The Morgan fingerprint density at radius 3 is 2.39 bits per heavy atom. The van der Waals surface area contributed by atoms with E-state index in [0.717, 1.165) is 16.8 Å². The molecule has 0 atom stereocenters. The second-order valence-electron chi connectivity index (χ2n) is 7.88. The molecule has 1 aromatic heterocycles. The van der Waals surface area contributed by atoms with Crippen LogP contribution in [0.25, 0.3) is 17.4 Å². The van der Waals surface area contributed by atoms with Crippen molar-refractivity contribution in [3.05, 3.63) is 82.5 Å². The van der Waals surface area contributed by atoms with Gasteiger partial charge in [0, 0.05) is 17.7 Å². The van der Waals surface area contributed by atoms with Gasteiger partial charge >= 0.3 is 5.97 Å². The second kappa shape index (κ2) is 9.50. The van der Waals surface area contributed by atoms with E-state index in [0.29, 0.717) is 27.2 Å². The second-order valence-corrected chi connectivity index (χ2v) is 8.89. The van der Waals surface area contributed by atoms with Crippen molar-refractivity contribution >= 4 is 40.6 Å². The number of ether oxygens (including phenoxy) is 1. The standard InChI is InChI=1S/C26H24N2O4S/c1-16(2)28-24(29)23(33-26(28)27-20-11-5-17(3)6-12-20)15-21-13-14-22(32-21)18-7-9-19(10-8-18)25(30)31-4/h5-16H,1-4H3/b23-15+,27-26?. The Balaban J connectivity index is 1.59. The van der Waals surface area contributed by atoms with Crippen LogP contribution in [0.2, 0.25) is 0 Å². The smallest absolute Gasteiger partial charge is 0.337 e. The van der Waals surface area contributed by atoms with Gasteiger partial charge in [0.05, 0.1) is 23.3 Å². The number of nitrogens with zero attached hydrogens (tertiary/aromatic N) is 2. The Labute approximate surface area is 197 Å². The van der Waals surface area contributed by atoms with Crippen LogP contribution in [0, 0.1) is 6.92 Å². The molecule has 2 aromatic carbocycles. The number of rotatable bonds is 5. The number of hydrogen-bond donors (Lipinski definition) is 0. The van der Waals surface area contributed by atoms with Crippen molar-refractivity contribution in [1.29, 1.82) is 0 Å². The minimum absolute atomic E-state index is 0.0272. The number of benzene rings is 2. The minimum atomic E-state index is -0.388. The van der Waals surface area contributed by atoms with Crippen molar-refractivity contribution in [3.63, 3.8) is 0 Å². The topological polar surface area (TPSA) is 72.1 Å². The molecule has 168 valence electrons. The van der Waals surface area contributed by atoms with Crippen molar-refractivity contribution in [2.45, 2.75) is 26.8 Å². The molecule has 1 saturated heterocycles. The van der Waals surface area contributed by atoms with Crippen molar-refractivity contribution < 1.29 is 18.7 Å². The molecule has 33 heavy (non-hydrogen) atoms. The van der Waals surface area contributed by atoms with Gasteiger partial charge in [-0.2, -0.15) is 0 Å². The Bertz CT molecular complexity index is 1240. The van der Waals surface area contributed by atoms with Gasteiger partial charge < -0.3 is 9.15 Å². The van der Waals surface area contributed by atoms with Crippen LogP contribution < -0.4 is 0 Å². The lowest BCUT2D eigenvalue weighted by molar-refractivity contribution is -0.123. The number of thioether (sulfide) groups is 1. The molecular formula is C26H24N2O4S. The zero-order valence-corrected chi connectivity index (χ0v) is 19.7. The van der Waals surface area contributed by atoms with E-state index < -0.39 is 0 Å². The van der Waals surface area contributed by atoms with Gasteiger partial charge in [-0.1, -0.05) is 29.8 Å². The molecule has 0 aliphatic carbocycles. The first-order chi connectivity index (χ1) is 15.9. The maximum Gasteiger partial charge on any atom is 0.337 e. The zero-order chi connectivity index (χ0) is 23.5. The summed E-state index contributed by atoms with van der Waals surface area (Å²) in [6.07, 6.45) is 1.74. The fourth-order valence-corrected chi connectivity index (χ4v) is 4.45. The lowest BCUT2D eigenvalue weighted by Gasteiger charge is -2.19. The van der Waals surface area contributed by atoms with Gasteiger partial charge in [-0.05, 0) is 68.9 Å². The molecule has 6 nitrogen and oxygen atoms in total. The Kier molecular flexibility index (Phi) is 6.51. The maximum absolute atomic E-state index is 13.1. The first-order valence-electron chi connectivity index (χ1n) is 10.5. The van der Waals surface area contributed by atoms with E-state index in [2.05, 4.69) is 0 Å². The zero-order valence-electron chi connectivity index (χ0n) is 18.9. The molecule has 3 aromatic rings. The van der Waals surface area contributed by atoms with E-state index in [1.165, 1.54) is 18.9 Å². The first-order valence-corrected chi connectivity index (χ1v) is 11.3. The summed E-state index contributed by atoms with van der Waals surface area (Å²) in [6, 6.07) is 18.5. The molecule has 0 N–H and O–H groups in total. The predicted octanol–water partition coefficient (Wildman–Crippen LogP) is 6.05. The number of amidine groups is 1. The van der Waals surface area contributed by atoms with Crippen molar-refractivity contribution in [3.8, 4) is 11.3 Å². The molecule has 1 amide bonds. The number of furan rings is 1. The Hall–Kier alpha value is -3.58. The van der Waals surface area contributed by atoms with Gasteiger partial charge in [-0.15, -0.1) is 0 Å². The van der Waals surface area contributed by atoms with E-state index >= 15 is 0 Å². The van der Waals surface area contributed by atoms with Gasteiger partial charge in [-0.25, -0.2) is 9.79 Å². The SMILES string of the molecule is COC(=O)c1ccc(-c2ccc(/C=C3/SC(=Nc4ccc(C)cc4)N(C(C)C)C3=O)o2)cc1. The number of esters is 1. The average Bonchev–Trinajstić information content (AvgIpc) is 3.39. The normalized spacial score (nSPS) is 16.3. The van der Waals surface area contributed by atoms with Gasteiger partial charge in [0.2, 0.25) is 0 Å². The van der Waals surface area contributed by atoms with E-state index in [1.54, 1.807) is 35.2 Å². The number of aliphatic imine (C=N–C) groups is 1. The molecule has 1 aliphatic heterocycles. The maximum atomic E-state index is 13.1. The first kappa shape index (κ1) is 22.6. The summed E-state index contributed by atoms with van der Waals surface area (Å²) >= 11 is 1.34. The van der Waals surface area contributed by atoms with Crippen LogP contribution in [0.1, 0.15) is 35.5 Å². The molecule has 0 bridgehead atoms. The third-order valence-electron chi connectivity index (χ3n) is 5.10. The predicted molar refractivity (Wildman–Crippen MR) is 131 cm³/mol. The van der Waals surface area contributed by atoms with Crippen molar-refractivity contribution in [2.75, 3.05) is 7.11 Å². The molecule has 2 heterocycles. The van der Waals surface area contributed by atoms with Gasteiger partial charge in [0.25, 0.3) is 5.91 Å². The Morgan fingerprint density at radius 1 is 1.06 bits per heavy atom. The quantitative estimate of drug-likeness (QED) is 0.342. The largest absolute Gasteiger partial charge is 0.465 e. The van der Waals surface area contributed by atoms with Crippen LogP contribution in [0.5, 0.6) is 0 Å². The summed E-state index contributed by atoms with van der Waals surface area (Å²) in [6.45, 7) is 5.96. The summed E-state index contributed by atoms with van der Waals surface area (Å²) < 4.78 is 10.7. The third-order valence-corrected chi connectivity index (χ3v) is 6.09. The third kappa shape index (κ3) is 4.93. The van der Waals surface area contributed by atoms with E-state index in [-0.39, 0.29) is 17.9 Å². The molecule has 0 saturated carbocycles. The van der Waals surface area contributed by atoms with E-state index in [1.807, 2.05) is 57.2 Å². The van der Waals surface area contributed by atoms with E-state index in [4.69, 9.17) is 14.1 Å². The molecule has 0 unspecified atom stereocenters. The summed E-state index contributed by atoms with van der Waals surface area (Å²) in [5.41, 5.74) is 3.25. The molecule has 7 heteroatoms. The molecule has 4 rings (SSSR count). The van der Waals surface area contributed by atoms with Crippen LogP contribution >= 0.6 is 11.8 Å².